The van der Waals surface area contributed by atoms with Crippen LogP contribution in [-0.4, -0.2) is 30.8 Å². The highest BCUT2D eigenvalue weighted by molar-refractivity contribution is 5.99. The Labute approximate surface area is 103 Å². The molecule has 90 valence electrons. The van der Waals surface area contributed by atoms with E-state index >= 15 is 0 Å². The minimum Gasteiger partial charge on any atom is -0.306 e. The Morgan fingerprint density at radius 2 is 2.18 bits per heavy atom. The molecule has 1 fully saturated rings. The van der Waals surface area contributed by atoms with Crippen LogP contribution in [0.25, 0.3) is 0 Å². The predicted molar refractivity (Wildman–Crippen MR) is 68.5 cm³/mol. The molecule has 2 aliphatic rings. The molecule has 1 saturated heterocycles. The summed E-state index contributed by atoms with van der Waals surface area (Å²) in [5.74, 6) is 1.50. The van der Waals surface area contributed by atoms with Crippen molar-refractivity contribution in [3.05, 3.63) is 34.9 Å². The molecule has 2 nitrogen and oxygen atoms in total. The van der Waals surface area contributed by atoms with E-state index in [1.165, 1.54) is 17.5 Å². The molecule has 17 heavy (non-hydrogen) atoms. The van der Waals surface area contributed by atoms with Crippen LogP contribution in [0.3, 0.4) is 0 Å². The second-order valence-corrected chi connectivity index (χ2v) is 5.64. The van der Waals surface area contributed by atoms with Crippen molar-refractivity contribution >= 4 is 5.78 Å². The van der Waals surface area contributed by atoms with Crippen LogP contribution in [0.5, 0.6) is 0 Å². The van der Waals surface area contributed by atoms with E-state index in [-0.39, 0.29) is 0 Å². The van der Waals surface area contributed by atoms with Gasteiger partial charge in [0.25, 0.3) is 0 Å². The number of rotatable bonds is 0. The lowest BCUT2D eigenvalue weighted by molar-refractivity contribution is 0.0887. The number of benzene rings is 1. The Morgan fingerprint density at radius 1 is 1.35 bits per heavy atom. The summed E-state index contributed by atoms with van der Waals surface area (Å²) in [7, 11) is 2.18. The third-order valence-electron chi connectivity index (χ3n) is 4.31. The smallest absolute Gasteiger partial charge is 0.163 e. The lowest BCUT2D eigenvalue weighted by Crippen LogP contribution is -2.40. The minimum atomic E-state index is 0.353. The average molecular weight is 229 g/mol. The highest BCUT2D eigenvalue weighted by atomic mass is 16.1. The molecule has 0 radical (unpaired) electrons. The molecule has 1 heterocycles. The summed E-state index contributed by atoms with van der Waals surface area (Å²) in [6.45, 7) is 4.35. The van der Waals surface area contributed by atoms with Gasteiger partial charge < -0.3 is 4.90 Å². The summed E-state index contributed by atoms with van der Waals surface area (Å²) < 4.78 is 0. The summed E-state index contributed by atoms with van der Waals surface area (Å²) in [6.07, 6.45) is 1.93. The SMILES string of the molecule is Cc1ccc2c(c1)C1CN(C)CCC1CC2=O. The zero-order valence-corrected chi connectivity index (χ0v) is 10.6. The number of likely N-dealkylation sites (N-methyl/N-ethyl adjacent to an activating group) is 1. The van der Waals surface area contributed by atoms with Crippen molar-refractivity contribution in [3.63, 3.8) is 0 Å². The first-order chi connectivity index (χ1) is 8.15. The number of carbonyl (C=O) groups is 1. The first-order valence-electron chi connectivity index (χ1n) is 6.47. The Kier molecular flexibility index (Phi) is 2.55. The van der Waals surface area contributed by atoms with Gasteiger partial charge in [0.05, 0.1) is 0 Å². The lowest BCUT2D eigenvalue weighted by Gasteiger charge is -2.40. The zero-order chi connectivity index (χ0) is 12.0. The molecule has 2 unspecified atom stereocenters. The first kappa shape index (κ1) is 11.0. The standard InChI is InChI=1S/C15H19NO/c1-10-3-4-12-13(7-10)14-9-16(2)6-5-11(14)8-15(12)17/h3-4,7,11,14H,5-6,8-9H2,1-2H3. The van der Waals surface area contributed by atoms with Crippen molar-refractivity contribution in [1.29, 1.82) is 0 Å². The molecule has 2 heteroatoms. The number of nitrogens with zero attached hydrogens (tertiary/aromatic N) is 1. The fourth-order valence-electron chi connectivity index (χ4n) is 3.35. The molecule has 0 N–H and O–H groups in total. The predicted octanol–water partition coefficient (Wildman–Crippen LogP) is 2.62. The second-order valence-electron chi connectivity index (χ2n) is 5.64. The molecule has 0 aromatic heterocycles. The first-order valence-corrected chi connectivity index (χ1v) is 6.47. The monoisotopic (exact) mass is 229 g/mol. The van der Waals surface area contributed by atoms with Crippen LogP contribution in [0.2, 0.25) is 0 Å². The van der Waals surface area contributed by atoms with Gasteiger partial charge in [0, 0.05) is 24.4 Å². The van der Waals surface area contributed by atoms with Crippen LogP contribution in [0.1, 0.15) is 40.2 Å². The van der Waals surface area contributed by atoms with Crippen molar-refractivity contribution in [2.24, 2.45) is 5.92 Å². The van der Waals surface area contributed by atoms with Gasteiger partial charge in [0.2, 0.25) is 0 Å². The van der Waals surface area contributed by atoms with Crippen molar-refractivity contribution in [1.82, 2.24) is 4.90 Å². The molecule has 1 aliphatic carbocycles. The summed E-state index contributed by atoms with van der Waals surface area (Å²) in [5, 5.41) is 0. The molecule has 3 rings (SSSR count). The number of Topliss-reactive ketones (excluding diaryl/α,β-unsaturated/α-hetero) is 1. The van der Waals surface area contributed by atoms with Gasteiger partial charge in [0.1, 0.15) is 0 Å². The van der Waals surface area contributed by atoms with Gasteiger partial charge in [-0.15, -0.1) is 0 Å². The fraction of sp³-hybridized carbons (Fsp3) is 0.533. The van der Waals surface area contributed by atoms with Gasteiger partial charge in [-0.05, 0) is 38.4 Å². The molecule has 1 aromatic rings. The Morgan fingerprint density at radius 3 is 3.00 bits per heavy atom. The van der Waals surface area contributed by atoms with Crippen molar-refractivity contribution in [3.8, 4) is 0 Å². The number of ketones is 1. The molecular formula is C15H19NO. The highest BCUT2D eigenvalue weighted by Crippen LogP contribution is 2.41. The summed E-state index contributed by atoms with van der Waals surface area (Å²) in [4.78, 5) is 14.5. The van der Waals surface area contributed by atoms with E-state index < -0.39 is 0 Å². The van der Waals surface area contributed by atoms with Gasteiger partial charge in [-0.1, -0.05) is 23.8 Å². The minimum absolute atomic E-state index is 0.353. The number of aryl methyl sites for hydroxylation is 1. The number of fused-ring (bicyclic) bond motifs is 3. The maximum Gasteiger partial charge on any atom is 0.163 e. The Balaban J connectivity index is 2.06. The molecule has 0 bridgehead atoms. The third-order valence-corrected chi connectivity index (χ3v) is 4.31. The van der Waals surface area contributed by atoms with E-state index in [4.69, 9.17) is 0 Å². The fourth-order valence-corrected chi connectivity index (χ4v) is 3.35. The van der Waals surface area contributed by atoms with Gasteiger partial charge in [0.15, 0.2) is 5.78 Å². The van der Waals surface area contributed by atoms with Gasteiger partial charge in [-0.2, -0.15) is 0 Å². The van der Waals surface area contributed by atoms with E-state index in [0.717, 1.165) is 25.1 Å². The van der Waals surface area contributed by atoms with Crippen LogP contribution in [0.4, 0.5) is 0 Å². The number of carbonyl (C=O) groups excluding carboxylic acids is 1. The molecular weight excluding hydrogens is 210 g/mol. The summed E-state index contributed by atoms with van der Waals surface area (Å²) in [6, 6.07) is 6.31. The van der Waals surface area contributed by atoms with Crippen molar-refractivity contribution in [2.45, 2.75) is 25.7 Å². The van der Waals surface area contributed by atoms with Crippen LogP contribution < -0.4 is 0 Å². The molecule has 1 aromatic carbocycles. The van der Waals surface area contributed by atoms with Gasteiger partial charge >= 0.3 is 0 Å². The second kappa shape index (κ2) is 3.95. The summed E-state index contributed by atoms with van der Waals surface area (Å²) >= 11 is 0. The van der Waals surface area contributed by atoms with Crippen LogP contribution in [0.15, 0.2) is 18.2 Å². The zero-order valence-electron chi connectivity index (χ0n) is 10.6. The molecule has 2 atom stereocenters. The summed E-state index contributed by atoms with van der Waals surface area (Å²) in [5.41, 5.74) is 3.55. The Hall–Kier alpha value is -1.15. The van der Waals surface area contributed by atoms with Crippen molar-refractivity contribution < 1.29 is 4.79 Å². The van der Waals surface area contributed by atoms with Crippen molar-refractivity contribution in [2.75, 3.05) is 20.1 Å². The van der Waals surface area contributed by atoms with E-state index in [9.17, 15) is 4.79 Å². The molecule has 0 spiro atoms. The average Bonchev–Trinajstić information content (AvgIpc) is 2.30. The van der Waals surface area contributed by atoms with Gasteiger partial charge in [-0.25, -0.2) is 0 Å². The van der Waals surface area contributed by atoms with E-state index in [0.29, 0.717) is 17.6 Å². The number of piperidine rings is 1. The largest absolute Gasteiger partial charge is 0.306 e. The van der Waals surface area contributed by atoms with E-state index in [1.807, 2.05) is 6.07 Å². The number of likely N-dealkylation sites (tertiary alicyclic amines) is 1. The maximum absolute atomic E-state index is 12.1. The molecule has 0 amide bonds. The highest BCUT2D eigenvalue weighted by Gasteiger charge is 2.36. The molecule has 0 saturated carbocycles. The Bertz CT molecular complexity index is 466. The molecule has 1 aliphatic heterocycles. The normalized spacial score (nSPS) is 28.7. The maximum atomic E-state index is 12.1. The van der Waals surface area contributed by atoms with Crippen LogP contribution in [-0.2, 0) is 0 Å². The third kappa shape index (κ3) is 1.81. The van der Waals surface area contributed by atoms with E-state index in [1.54, 1.807) is 0 Å². The number of hydrogen-bond acceptors (Lipinski definition) is 2. The van der Waals surface area contributed by atoms with Gasteiger partial charge in [-0.3, -0.25) is 4.79 Å². The van der Waals surface area contributed by atoms with Crippen LogP contribution in [0, 0.1) is 12.8 Å². The van der Waals surface area contributed by atoms with Crippen LogP contribution >= 0.6 is 0 Å². The lowest BCUT2D eigenvalue weighted by atomic mass is 9.71. The quantitative estimate of drug-likeness (QED) is 0.681. The topological polar surface area (TPSA) is 20.3 Å². The van der Waals surface area contributed by atoms with E-state index in [2.05, 4.69) is 31.0 Å². The number of hydrogen-bond donors (Lipinski definition) is 0.